The fourth-order valence-electron chi connectivity index (χ4n) is 1.28. The topological polar surface area (TPSA) is 136 Å². The maximum Gasteiger partial charge on any atom is 0.357 e. The van der Waals surface area contributed by atoms with Crippen LogP contribution in [0.15, 0.2) is 4.90 Å². The molecule has 0 aliphatic carbocycles. The highest BCUT2D eigenvalue weighted by Gasteiger charge is 2.30. The molecule has 0 bridgehead atoms. The van der Waals surface area contributed by atoms with E-state index in [-0.39, 0.29) is 12.2 Å². The van der Waals surface area contributed by atoms with E-state index < -0.39 is 32.0 Å². The third-order valence-corrected chi connectivity index (χ3v) is 3.93. The SMILES string of the molecule is Cc1[nH]nc(C(=O)O)c1S(=O)(=O)NCC(C)(C)C#N. The number of carboxylic acids is 1. The summed E-state index contributed by atoms with van der Waals surface area (Å²) in [4.78, 5) is 10.5. The Hall–Kier alpha value is -1.92. The number of carboxylic acid groups (broad SMARTS) is 1. The lowest BCUT2D eigenvalue weighted by molar-refractivity contribution is 0.0686. The molecule has 0 unspecified atom stereocenters. The number of aryl methyl sites for hydroxylation is 1. The Morgan fingerprint density at radius 3 is 2.63 bits per heavy atom. The third kappa shape index (κ3) is 3.30. The van der Waals surface area contributed by atoms with Crippen molar-refractivity contribution < 1.29 is 18.3 Å². The molecule has 0 saturated heterocycles. The van der Waals surface area contributed by atoms with Gasteiger partial charge in [-0.05, 0) is 20.8 Å². The summed E-state index contributed by atoms with van der Waals surface area (Å²) in [5.41, 5.74) is -1.34. The zero-order chi connectivity index (χ0) is 14.8. The van der Waals surface area contributed by atoms with Crippen molar-refractivity contribution in [1.29, 1.82) is 5.26 Å². The monoisotopic (exact) mass is 286 g/mol. The van der Waals surface area contributed by atoms with Crippen molar-refractivity contribution in [3.8, 4) is 6.07 Å². The van der Waals surface area contributed by atoms with Crippen LogP contribution < -0.4 is 4.72 Å². The highest BCUT2D eigenvalue weighted by atomic mass is 32.2. The van der Waals surface area contributed by atoms with Crippen LogP contribution in [0.2, 0.25) is 0 Å². The summed E-state index contributed by atoms with van der Waals surface area (Å²) in [5.74, 6) is -1.44. The molecule has 0 saturated carbocycles. The number of nitrogens with zero attached hydrogens (tertiary/aromatic N) is 2. The maximum absolute atomic E-state index is 12.1. The number of hydrogen-bond donors (Lipinski definition) is 3. The van der Waals surface area contributed by atoms with Crippen LogP contribution in [0.5, 0.6) is 0 Å². The summed E-state index contributed by atoms with van der Waals surface area (Å²) in [7, 11) is -4.04. The fraction of sp³-hybridized carbons (Fsp3) is 0.500. The first-order valence-electron chi connectivity index (χ1n) is 5.30. The minimum atomic E-state index is -4.04. The molecule has 104 valence electrons. The lowest BCUT2D eigenvalue weighted by Gasteiger charge is -2.15. The van der Waals surface area contributed by atoms with Crippen molar-refractivity contribution in [1.82, 2.24) is 14.9 Å². The number of carbonyl (C=O) groups is 1. The lowest BCUT2D eigenvalue weighted by Crippen LogP contribution is -2.34. The maximum atomic E-state index is 12.1. The van der Waals surface area contributed by atoms with Gasteiger partial charge in [0.05, 0.1) is 17.2 Å². The van der Waals surface area contributed by atoms with Gasteiger partial charge in [-0.1, -0.05) is 0 Å². The number of aromatic amines is 1. The molecule has 0 amide bonds. The minimum Gasteiger partial charge on any atom is -0.476 e. The molecule has 3 N–H and O–H groups in total. The smallest absolute Gasteiger partial charge is 0.357 e. The number of nitriles is 1. The average molecular weight is 286 g/mol. The molecule has 1 aromatic rings. The van der Waals surface area contributed by atoms with E-state index >= 15 is 0 Å². The molecule has 9 heteroatoms. The first kappa shape index (κ1) is 15.1. The number of nitrogens with one attached hydrogen (secondary N) is 2. The molecule has 1 heterocycles. The summed E-state index contributed by atoms with van der Waals surface area (Å²) in [6.45, 7) is 4.41. The van der Waals surface area contributed by atoms with Gasteiger partial charge in [-0.25, -0.2) is 17.9 Å². The zero-order valence-electron chi connectivity index (χ0n) is 10.7. The van der Waals surface area contributed by atoms with E-state index in [9.17, 15) is 13.2 Å². The predicted molar refractivity (Wildman–Crippen MR) is 64.9 cm³/mol. The Bertz CT molecular complexity index is 639. The van der Waals surface area contributed by atoms with Gasteiger partial charge in [-0.15, -0.1) is 0 Å². The van der Waals surface area contributed by atoms with Crippen LogP contribution in [0.25, 0.3) is 0 Å². The molecule has 0 aliphatic rings. The zero-order valence-corrected chi connectivity index (χ0v) is 11.5. The standard InChI is InChI=1S/C10H14N4O4S/c1-6-8(7(9(15)16)14-13-6)19(17,18)12-5-10(2,3)4-11/h12H,5H2,1-3H3,(H,13,14)(H,15,16). The summed E-state index contributed by atoms with van der Waals surface area (Å²) in [5, 5.41) is 23.5. The molecule has 8 nitrogen and oxygen atoms in total. The first-order chi connectivity index (χ1) is 8.60. The van der Waals surface area contributed by atoms with Crippen molar-refractivity contribution in [2.24, 2.45) is 5.41 Å². The second-order valence-corrected chi connectivity index (χ2v) is 6.36. The van der Waals surface area contributed by atoms with Crippen molar-refractivity contribution in [3.63, 3.8) is 0 Å². The second-order valence-electron chi connectivity index (χ2n) is 4.65. The molecule has 0 aliphatic heterocycles. The number of hydrogen-bond acceptors (Lipinski definition) is 5. The second kappa shape index (κ2) is 4.99. The summed E-state index contributed by atoms with van der Waals surface area (Å²) in [6.07, 6.45) is 0. The molecular formula is C10H14N4O4S. The number of sulfonamides is 1. The van der Waals surface area contributed by atoms with E-state index in [4.69, 9.17) is 10.4 Å². The van der Waals surface area contributed by atoms with Gasteiger partial charge in [0.1, 0.15) is 4.90 Å². The normalized spacial score (nSPS) is 12.1. The molecule has 1 rings (SSSR count). The van der Waals surface area contributed by atoms with Crippen molar-refractivity contribution >= 4 is 16.0 Å². The van der Waals surface area contributed by atoms with Gasteiger partial charge in [0.25, 0.3) is 0 Å². The van der Waals surface area contributed by atoms with Gasteiger partial charge in [0, 0.05) is 6.54 Å². The van der Waals surface area contributed by atoms with Crippen molar-refractivity contribution in [2.45, 2.75) is 25.7 Å². The molecule has 0 atom stereocenters. The van der Waals surface area contributed by atoms with Crippen LogP contribution in [0.3, 0.4) is 0 Å². The summed E-state index contributed by atoms with van der Waals surface area (Å²) in [6, 6.07) is 1.94. The Morgan fingerprint density at radius 1 is 1.58 bits per heavy atom. The van der Waals surface area contributed by atoms with E-state index in [0.29, 0.717) is 0 Å². The van der Waals surface area contributed by atoms with Gasteiger partial charge in [-0.3, -0.25) is 5.10 Å². The number of rotatable bonds is 5. The highest BCUT2D eigenvalue weighted by Crippen LogP contribution is 2.19. The van der Waals surface area contributed by atoms with Crippen molar-refractivity contribution in [2.75, 3.05) is 6.54 Å². The number of H-pyrrole nitrogens is 1. The summed E-state index contributed by atoms with van der Waals surface area (Å²) >= 11 is 0. The van der Waals surface area contributed by atoms with Gasteiger partial charge < -0.3 is 5.11 Å². The van der Waals surface area contributed by atoms with Crippen LogP contribution in [0.4, 0.5) is 0 Å². The molecule has 1 aromatic heterocycles. The Kier molecular flexibility index (Phi) is 3.97. The lowest BCUT2D eigenvalue weighted by atomic mass is 9.97. The van der Waals surface area contributed by atoms with Crippen LogP contribution in [-0.2, 0) is 10.0 Å². The van der Waals surface area contributed by atoms with Crippen LogP contribution in [0, 0.1) is 23.7 Å². The van der Waals surface area contributed by atoms with Gasteiger partial charge in [0.2, 0.25) is 10.0 Å². The molecule has 0 aromatic carbocycles. The largest absolute Gasteiger partial charge is 0.476 e. The molecule has 0 spiro atoms. The molecule has 0 fully saturated rings. The average Bonchev–Trinajstić information content (AvgIpc) is 2.70. The van der Waals surface area contributed by atoms with Crippen molar-refractivity contribution in [3.05, 3.63) is 11.4 Å². The molecule has 0 radical (unpaired) electrons. The Balaban J connectivity index is 3.12. The van der Waals surface area contributed by atoms with E-state index in [1.165, 1.54) is 6.92 Å². The number of aromatic nitrogens is 2. The third-order valence-electron chi connectivity index (χ3n) is 2.37. The first-order valence-corrected chi connectivity index (χ1v) is 6.78. The van der Waals surface area contributed by atoms with E-state index in [1.54, 1.807) is 13.8 Å². The minimum absolute atomic E-state index is 0.125. The highest BCUT2D eigenvalue weighted by molar-refractivity contribution is 7.89. The summed E-state index contributed by atoms with van der Waals surface area (Å²) < 4.78 is 26.3. The van der Waals surface area contributed by atoms with E-state index in [2.05, 4.69) is 14.9 Å². The quantitative estimate of drug-likeness (QED) is 0.709. The van der Waals surface area contributed by atoms with Crippen LogP contribution >= 0.6 is 0 Å². The van der Waals surface area contributed by atoms with E-state index in [0.717, 1.165) is 0 Å². The Labute approximate surface area is 110 Å². The van der Waals surface area contributed by atoms with E-state index in [1.807, 2.05) is 6.07 Å². The molecular weight excluding hydrogens is 272 g/mol. The van der Waals surface area contributed by atoms with Gasteiger partial charge in [-0.2, -0.15) is 10.4 Å². The van der Waals surface area contributed by atoms with Gasteiger partial charge >= 0.3 is 5.97 Å². The number of aromatic carboxylic acids is 1. The Morgan fingerprint density at radius 2 is 2.16 bits per heavy atom. The predicted octanol–water partition coefficient (Wildman–Crippen LogP) is 0.244. The van der Waals surface area contributed by atoms with Crippen LogP contribution in [-0.4, -0.2) is 36.2 Å². The van der Waals surface area contributed by atoms with Gasteiger partial charge in [0.15, 0.2) is 5.69 Å². The fourth-order valence-corrected chi connectivity index (χ4v) is 2.81. The van der Waals surface area contributed by atoms with Crippen LogP contribution in [0.1, 0.15) is 30.0 Å². The molecule has 19 heavy (non-hydrogen) atoms.